The third-order valence-electron chi connectivity index (χ3n) is 2.81. The Hall–Kier alpha value is -1.88. The van der Waals surface area contributed by atoms with Crippen LogP contribution in [0, 0.1) is 0 Å². The highest BCUT2D eigenvalue weighted by molar-refractivity contribution is 5.84. The van der Waals surface area contributed by atoms with Crippen molar-refractivity contribution in [1.29, 1.82) is 0 Å². The maximum Gasteiger partial charge on any atom is 0.239 e. The highest BCUT2D eigenvalue weighted by Gasteiger charge is 2.05. The molecule has 0 saturated carbocycles. The van der Waals surface area contributed by atoms with E-state index in [4.69, 9.17) is 0 Å². The first-order valence-electron chi connectivity index (χ1n) is 6.80. The third kappa shape index (κ3) is 7.53. The van der Waals surface area contributed by atoms with Crippen LogP contribution in [0.3, 0.4) is 0 Å². The van der Waals surface area contributed by atoms with Crippen molar-refractivity contribution >= 4 is 11.8 Å². The smallest absolute Gasteiger partial charge is 0.239 e. The molecular formula is C15H23N3O2. The van der Waals surface area contributed by atoms with Crippen LogP contribution in [0.25, 0.3) is 0 Å². The van der Waals surface area contributed by atoms with Gasteiger partial charge in [-0.25, -0.2) is 0 Å². The number of nitrogens with one attached hydrogen (secondary N) is 2. The molecule has 0 radical (unpaired) electrons. The predicted molar refractivity (Wildman–Crippen MR) is 79.3 cm³/mol. The van der Waals surface area contributed by atoms with E-state index >= 15 is 0 Å². The summed E-state index contributed by atoms with van der Waals surface area (Å²) in [7, 11) is 3.88. The van der Waals surface area contributed by atoms with Crippen molar-refractivity contribution in [1.82, 2.24) is 15.5 Å². The number of benzene rings is 1. The molecule has 1 aromatic rings. The highest BCUT2D eigenvalue weighted by atomic mass is 16.2. The lowest BCUT2D eigenvalue weighted by molar-refractivity contribution is -0.126. The van der Waals surface area contributed by atoms with Crippen LogP contribution in [0.2, 0.25) is 0 Å². The second-order valence-electron chi connectivity index (χ2n) is 4.92. The minimum atomic E-state index is -0.153. The van der Waals surface area contributed by atoms with E-state index in [1.807, 2.05) is 49.3 Å². The molecule has 2 N–H and O–H groups in total. The zero-order valence-electron chi connectivity index (χ0n) is 12.2. The zero-order valence-corrected chi connectivity index (χ0v) is 12.2. The van der Waals surface area contributed by atoms with E-state index in [1.165, 1.54) is 0 Å². The maximum absolute atomic E-state index is 11.6. The summed E-state index contributed by atoms with van der Waals surface area (Å²) in [5.74, 6) is -0.253. The van der Waals surface area contributed by atoms with Gasteiger partial charge in [0.15, 0.2) is 0 Å². The number of carbonyl (C=O) groups excluding carboxylic acids is 2. The number of likely N-dealkylation sites (N-methyl/N-ethyl adjacent to an activating group) is 1. The quantitative estimate of drug-likeness (QED) is 0.723. The van der Waals surface area contributed by atoms with Gasteiger partial charge in [-0.2, -0.15) is 0 Å². The number of carbonyl (C=O) groups is 2. The Morgan fingerprint density at radius 3 is 2.40 bits per heavy atom. The largest absolute Gasteiger partial charge is 0.353 e. The topological polar surface area (TPSA) is 61.4 Å². The Kier molecular flexibility index (Phi) is 7.35. The second kappa shape index (κ2) is 9.09. The van der Waals surface area contributed by atoms with Crippen molar-refractivity contribution in [3.05, 3.63) is 35.9 Å². The fourth-order valence-corrected chi connectivity index (χ4v) is 1.65. The van der Waals surface area contributed by atoms with E-state index in [1.54, 1.807) is 0 Å². The number of rotatable bonds is 8. The van der Waals surface area contributed by atoms with Crippen molar-refractivity contribution in [3.63, 3.8) is 0 Å². The van der Waals surface area contributed by atoms with Gasteiger partial charge in [0.05, 0.1) is 6.54 Å². The van der Waals surface area contributed by atoms with Gasteiger partial charge in [-0.05, 0) is 26.1 Å². The molecule has 0 aliphatic rings. The standard InChI is InChI=1S/C15H23N3O2/c1-18(2)11-10-16-15(20)12-17-14(19)9-8-13-6-4-3-5-7-13/h3-7H,8-12H2,1-2H3,(H,16,20)(H,17,19). The molecule has 0 aliphatic heterocycles. The van der Waals surface area contributed by atoms with E-state index in [0.29, 0.717) is 19.4 Å². The molecule has 5 nitrogen and oxygen atoms in total. The van der Waals surface area contributed by atoms with Gasteiger partial charge in [-0.1, -0.05) is 30.3 Å². The fraction of sp³-hybridized carbons (Fsp3) is 0.467. The third-order valence-corrected chi connectivity index (χ3v) is 2.81. The van der Waals surface area contributed by atoms with Gasteiger partial charge in [-0.3, -0.25) is 9.59 Å². The first-order chi connectivity index (χ1) is 9.58. The summed E-state index contributed by atoms with van der Waals surface area (Å²) in [5, 5.41) is 5.37. The fourth-order valence-electron chi connectivity index (χ4n) is 1.65. The second-order valence-corrected chi connectivity index (χ2v) is 4.92. The molecule has 1 aromatic carbocycles. The summed E-state index contributed by atoms with van der Waals surface area (Å²) < 4.78 is 0. The average Bonchev–Trinajstić information content (AvgIpc) is 2.43. The average molecular weight is 277 g/mol. The first-order valence-corrected chi connectivity index (χ1v) is 6.80. The van der Waals surface area contributed by atoms with E-state index in [-0.39, 0.29) is 18.4 Å². The van der Waals surface area contributed by atoms with Crippen molar-refractivity contribution in [2.45, 2.75) is 12.8 Å². The summed E-state index contributed by atoms with van der Waals surface area (Å²) in [6.45, 7) is 1.42. The van der Waals surface area contributed by atoms with E-state index in [9.17, 15) is 9.59 Å². The van der Waals surface area contributed by atoms with Crippen LogP contribution in [-0.4, -0.2) is 50.4 Å². The van der Waals surface area contributed by atoms with Crippen LogP contribution in [0.1, 0.15) is 12.0 Å². The van der Waals surface area contributed by atoms with Crippen LogP contribution in [0.5, 0.6) is 0 Å². The first kappa shape index (κ1) is 16.2. The zero-order chi connectivity index (χ0) is 14.8. The van der Waals surface area contributed by atoms with Crippen LogP contribution >= 0.6 is 0 Å². The summed E-state index contributed by atoms with van der Waals surface area (Å²) in [4.78, 5) is 25.0. The van der Waals surface area contributed by atoms with Gasteiger partial charge in [0.1, 0.15) is 0 Å². The van der Waals surface area contributed by atoms with Crippen LogP contribution < -0.4 is 10.6 Å². The predicted octanol–water partition coefficient (Wildman–Crippen LogP) is 0.413. The van der Waals surface area contributed by atoms with Crippen LogP contribution in [-0.2, 0) is 16.0 Å². The molecule has 0 heterocycles. The van der Waals surface area contributed by atoms with Crippen molar-refractivity contribution in [2.75, 3.05) is 33.7 Å². The molecule has 0 aromatic heterocycles. The number of nitrogens with zero attached hydrogens (tertiary/aromatic N) is 1. The van der Waals surface area contributed by atoms with Gasteiger partial charge in [0, 0.05) is 19.5 Å². The molecule has 0 aliphatic carbocycles. The molecule has 110 valence electrons. The van der Waals surface area contributed by atoms with E-state index in [2.05, 4.69) is 10.6 Å². The molecule has 0 unspecified atom stereocenters. The summed E-state index contributed by atoms with van der Waals surface area (Å²) >= 11 is 0. The molecule has 0 fully saturated rings. The molecule has 0 bridgehead atoms. The highest BCUT2D eigenvalue weighted by Crippen LogP contribution is 2.01. The minimum absolute atomic E-state index is 0.0427. The number of amides is 2. The molecule has 0 atom stereocenters. The van der Waals surface area contributed by atoms with Gasteiger partial charge in [0.25, 0.3) is 0 Å². The molecule has 0 spiro atoms. The number of hydrogen-bond acceptors (Lipinski definition) is 3. The Morgan fingerprint density at radius 1 is 1.05 bits per heavy atom. The molecular weight excluding hydrogens is 254 g/mol. The van der Waals surface area contributed by atoms with Gasteiger partial charge < -0.3 is 15.5 Å². The SMILES string of the molecule is CN(C)CCNC(=O)CNC(=O)CCc1ccccc1. The monoisotopic (exact) mass is 277 g/mol. The molecule has 2 amide bonds. The van der Waals surface area contributed by atoms with Crippen LogP contribution in [0.4, 0.5) is 0 Å². The summed E-state index contributed by atoms with van der Waals surface area (Å²) in [6.07, 6.45) is 1.09. The summed E-state index contributed by atoms with van der Waals surface area (Å²) in [5.41, 5.74) is 1.12. The van der Waals surface area contributed by atoms with Gasteiger partial charge in [-0.15, -0.1) is 0 Å². The number of hydrogen-bond donors (Lipinski definition) is 2. The van der Waals surface area contributed by atoms with Crippen molar-refractivity contribution in [2.24, 2.45) is 0 Å². The Bertz CT molecular complexity index is 418. The lowest BCUT2D eigenvalue weighted by Gasteiger charge is -2.10. The van der Waals surface area contributed by atoms with E-state index < -0.39 is 0 Å². The molecule has 20 heavy (non-hydrogen) atoms. The lowest BCUT2D eigenvalue weighted by Crippen LogP contribution is -2.39. The van der Waals surface area contributed by atoms with Crippen molar-refractivity contribution in [3.8, 4) is 0 Å². The van der Waals surface area contributed by atoms with Crippen LogP contribution in [0.15, 0.2) is 30.3 Å². The normalized spacial score (nSPS) is 10.3. The lowest BCUT2D eigenvalue weighted by atomic mass is 10.1. The maximum atomic E-state index is 11.6. The van der Waals surface area contributed by atoms with Crippen molar-refractivity contribution < 1.29 is 9.59 Å². The molecule has 5 heteroatoms. The minimum Gasteiger partial charge on any atom is -0.353 e. The van der Waals surface area contributed by atoms with Gasteiger partial charge in [0.2, 0.25) is 11.8 Å². The molecule has 0 saturated heterocycles. The summed E-state index contributed by atoms with van der Waals surface area (Å²) in [6, 6.07) is 9.82. The van der Waals surface area contributed by atoms with E-state index in [0.717, 1.165) is 12.1 Å². The number of aryl methyl sites for hydroxylation is 1. The Labute approximate surface area is 120 Å². The molecule has 1 rings (SSSR count). The van der Waals surface area contributed by atoms with Gasteiger partial charge >= 0.3 is 0 Å². The Balaban J connectivity index is 2.12. The Morgan fingerprint density at radius 2 is 1.75 bits per heavy atom.